The van der Waals surface area contributed by atoms with Gasteiger partial charge in [0.25, 0.3) is 0 Å². The Balaban J connectivity index is 2.34. The van der Waals surface area contributed by atoms with E-state index >= 15 is 0 Å². The minimum Gasteiger partial charge on any atom is -0.357 e. The summed E-state index contributed by atoms with van der Waals surface area (Å²) in [5.74, 6) is 1.74. The third-order valence-corrected chi connectivity index (χ3v) is 2.92. The molecule has 1 saturated carbocycles. The van der Waals surface area contributed by atoms with E-state index in [2.05, 4.69) is 36.4 Å². The second-order valence-corrected chi connectivity index (χ2v) is 4.32. The Morgan fingerprint density at radius 3 is 2.40 bits per heavy atom. The molecule has 0 spiro atoms. The van der Waals surface area contributed by atoms with E-state index in [-0.39, 0.29) is 0 Å². The number of nitrogens with one attached hydrogen (secondary N) is 2. The smallest absolute Gasteiger partial charge is 0.191 e. The van der Waals surface area contributed by atoms with E-state index in [1.165, 1.54) is 25.7 Å². The normalized spacial score (nSPS) is 16.9. The van der Waals surface area contributed by atoms with E-state index < -0.39 is 0 Å². The Labute approximate surface area is 93.7 Å². The van der Waals surface area contributed by atoms with Crippen molar-refractivity contribution in [2.75, 3.05) is 13.1 Å². The summed E-state index contributed by atoms with van der Waals surface area (Å²) in [5, 5.41) is 6.73. The number of aliphatic imine (C=N–C) groups is 1. The summed E-state index contributed by atoms with van der Waals surface area (Å²) in [7, 11) is 0. The van der Waals surface area contributed by atoms with Gasteiger partial charge in [-0.1, -0.05) is 26.7 Å². The molecule has 0 unspecified atom stereocenters. The molecule has 15 heavy (non-hydrogen) atoms. The Morgan fingerprint density at radius 1 is 1.27 bits per heavy atom. The van der Waals surface area contributed by atoms with E-state index in [0.29, 0.717) is 6.04 Å². The van der Waals surface area contributed by atoms with Crippen molar-refractivity contribution in [2.45, 2.75) is 52.5 Å². The molecule has 88 valence electrons. The van der Waals surface area contributed by atoms with Crippen molar-refractivity contribution in [2.24, 2.45) is 10.9 Å². The van der Waals surface area contributed by atoms with Crippen LogP contribution in [0, 0.1) is 5.92 Å². The summed E-state index contributed by atoms with van der Waals surface area (Å²) >= 11 is 0. The second-order valence-electron chi connectivity index (χ2n) is 4.32. The van der Waals surface area contributed by atoms with Gasteiger partial charge in [-0.15, -0.1) is 0 Å². The second kappa shape index (κ2) is 6.70. The van der Waals surface area contributed by atoms with Gasteiger partial charge in [0.05, 0.1) is 0 Å². The van der Waals surface area contributed by atoms with E-state index in [1.807, 2.05) is 0 Å². The van der Waals surface area contributed by atoms with Gasteiger partial charge in [0.2, 0.25) is 0 Å². The van der Waals surface area contributed by atoms with E-state index in [1.54, 1.807) is 0 Å². The van der Waals surface area contributed by atoms with E-state index in [0.717, 1.165) is 25.0 Å². The summed E-state index contributed by atoms with van der Waals surface area (Å²) in [5.41, 5.74) is 0. The standard InChI is InChI=1S/C12H25N3/c1-4-10(5-2)9-14-12(13-6-3)15-11-7-8-11/h10-11H,4-9H2,1-3H3,(H2,13,14,15). The van der Waals surface area contributed by atoms with Crippen LogP contribution in [0.5, 0.6) is 0 Å². The summed E-state index contributed by atoms with van der Waals surface area (Å²) in [6.45, 7) is 8.49. The van der Waals surface area contributed by atoms with Crippen LogP contribution < -0.4 is 10.6 Å². The van der Waals surface area contributed by atoms with Gasteiger partial charge in [-0.2, -0.15) is 0 Å². The lowest BCUT2D eigenvalue weighted by atomic mass is 10.0. The zero-order valence-corrected chi connectivity index (χ0v) is 10.3. The molecule has 1 rings (SSSR count). The molecule has 3 heteroatoms. The number of hydrogen-bond donors (Lipinski definition) is 2. The Bertz CT molecular complexity index is 193. The molecule has 1 fully saturated rings. The summed E-state index contributed by atoms with van der Waals surface area (Å²) in [4.78, 5) is 4.63. The molecule has 0 aromatic heterocycles. The molecule has 0 aromatic rings. The van der Waals surface area contributed by atoms with Gasteiger partial charge >= 0.3 is 0 Å². The zero-order chi connectivity index (χ0) is 11.1. The molecule has 0 aliphatic heterocycles. The molecule has 0 bridgehead atoms. The highest BCUT2D eigenvalue weighted by atomic mass is 15.2. The van der Waals surface area contributed by atoms with Crippen LogP contribution >= 0.6 is 0 Å². The van der Waals surface area contributed by atoms with Crippen LogP contribution in [0.15, 0.2) is 4.99 Å². The lowest BCUT2D eigenvalue weighted by Gasteiger charge is -2.13. The molecule has 1 aliphatic carbocycles. The van der Waals surface area contributed by atoms with Crippen LogP contribution in [0.4, 0.5) is 0 Å². The predicted octanol–water partition coefficient (Wildman–Crippen LogP) is 2.14. The molecule has 0 aromatic carbocycles. The first-order valence-corrected chi connectivity index (χ1v) is 6.34. The van der Waals surface area contributed by atoms with Crippen molar-refractivity contribution in [1.29, 1.82) is 0 Å². The number of hydrogen-bond acceptors (Lipinski definition) is 1. The van der Waals surface area contributed by atoms with Crippen molar-refractivity contribution < 1.29 is 0 Å². The number of nitrogens with zero attached hydrogens (tertiary/aromatic N) is 1. The van der Waals surface area contributed by atoms with Crippen LogP contribution in [0.25, 0.3) is 0 Å². The highest BCUT2D eigenvalue weighted by Crippen LogP contribution is 2.18. The fraction of sp³-hybridized carbons (Fsp3) is 0.917. The maximum atomic E-state index is 4.63. The van der Waals surface area contributed by atoms with Crippen molar-refractivity contribution in [3.8, 4) is 0 Å². The van der Waals surface area contributed by atoms with Crippen LogP contribution in [0.3, 0.4) is 0 Å². The van der Waals surface area contributed by atoms with Gasteiger partial charge in [0, 0.05) is 19.1 Å². The lowest BCUT2D eigenvalue weighted by Crippen LogP contribution is -2.38. The van der Waals surface area contributed by atoms with Crippen molar-refractivity contribution in [3.05, 3.63) is 0 Å². The van der Waals surface area contributed by atoms with Gasteiger partial charge in [-0.05, 0) is 25.7 Å². The van der Waals surface area contributed by atoms with E-state index in [9.17, 15) is 0 Å². The number of guanidine groups is 1. The molecule has 0 atom stereocenters. The zero-order valence-electron chi connectivity index (χ0n) is 10.3. The maximum Gasteiger partial charge on any atom is 0.191 e. The van der Waals surface area contributed by atoms with E-state index in [4.69, 9.17) is 0 Å². The quantitative estimate of drug-likeness (QED) is 0.521. The molecule has 0 saturated heterocycles. The van der Waals surface area contributed by atoms with Crippen LogP contribution in [-0.2, 0) is 0 Å². The van der Waals surface area contributed by atoms with Gasteiger partial charge in [-0.25, -0.2) is 0 Å². The average molecular weight is 211 g/mol. The first-order valence-electron chi connectivity index (χ1n) is 6.34. The van der Waals surface area contributed by atoms with Crippen molar-refractivity contribution >= 4 is 5.96 Å². The van der Waals surface area contributed by atoms with Gasteiger partial charge in [0.1, 0.15) is 0 Å². The molecular formula is C12H25N3. The lowest BCUT2D eigenvalue weighted by molar-refractivity contribution is 0.504. The Morgan fingerprint density at radius 2 is 1.93 bits per heavy atom. The molecule has 3 nitrogen and oxygen atoms in total. The maximum absolute atomic E-state index is 4.63. The fourth-order valence-electron chi connectivity index (χ4n) is 1.51. The van der Waals surface area contributed by atoms with Crippen LogP contribution in [-0.4, -0.2) is 25.1 Å². The van der Waals surface area contributed by atoms with Crippen molar-refractivity contribution in [1.82, 2.24) is 10.6 Å². The summed E-state index contributed by atoms with van der Waals surface area (Å²) in [6.07, 6.45) is 5.05. The van der Waals surface area contributed by atoms with Gasteiger partial charge < -0.3 is 10.6 Å². The highest BCUT2D eigenvalue weighted by molar-refractivity contribution is 5.80. The third kappa shape index (κ3) is 5.05. The first-order chi connectivity index (χ1) is 7.30. The Hall–Kier alpha value is -0.730. The third-order valence-electron chi connectivity index (χ3n) is 2.92. The molecular weight excluding hydrogens is 186 g/mol. The minimum absolute atomic E-state index is 0.685. The Kier molecular flexibility index (Phi) is 5.51. The topological polar surface area (TPSA) is 36.4 Å². The molecule has 0 amide bonds. The minimum atomic E-state index is 0.685. The SMILES string of the molecule is CCNC(=NCC(CC)CC)NC1CC1. The molecule has 2 N–H and O–H groups in total. The largest absolute Gasteiger partial charge is 0.357 e. The average Bonchev–Trinajstić information content (AvgIpc) is 3.03. The monoisotopic (exact) mass is 211 g/mol. The summed E-state index contributed by atoms with van der Waals surface area (Å²) < 4.78 is 0. The number of rotatable bonds is 6. The van der Waals surface area contributed by atoms with Gasteiger partial charge in [-0.3, -0.25) is 4.99 Å². The predicted molar refractivity (Wildman–Crippen MR) is 66.2 cm³/mol. The molecule has 1 aliphatic rings. The molecule has 0 radical (unpaired) electrons. The first kappa shape index (κ1) is 12.3. The van der Waals surface area contributed by atoms with Gasteiger partial charge in [0.15, 0.2) is 5.96 Å². The van der Waals surface area contributed by atoms with Crippen molar-refractivity contribution in [3.63, 3.8) is 0 Å². The molecule has 0 heterocycles. The van der Waals surface area contributed by atoms with Crippen LogP contribution in [0.2, 0.25) is 0 Å². The summed E-state index contributed by atoms with van der Waals surface area (Å²) in [6, 6.07) is 0.685. The fourth-order valence-corrected chi connectivity index (χ4v) is 1.51. The highest BCUT2D eigenvalue weighted by Gasteiger charge is 2.22. The van der Waals surface area contributed by atoms with Crippen LogP contribution in [0.1, 0.15) is 46.5 Å².